The maximum Gasteiger partial charge on any atom is 0.160 e. The van der Waals surface area contributed by atoms with Gasteiger partial charge in [-0.1, -0.05) is 0 Å². The average Bonchev–Trinajstić information content (AvgIpc) is 2.28. The summed E-state index contributed by atoms with van der Waals surface area (Å²) in [6.07, 6.45) is 4.54. The molecule has 7 nitrogen and oxygen atoms in total. The number of hydrogen-bond acceptors (Lipinski definition) is 7. The van der Waals surface area contributed by atoms with Crippen LogP contribution in [0, 0.1) is 0 Å². The molecule has 0 bridgehead atoms. The summed E-state index contributed by atoms with van der Waals surface area (Å²) in [6, 6.07) is -0.101. The number of anilines is 2. The second-order valence-corrected chi connectivity index (χ2v) is 6.26. The minimum absolute atomic E-state index is 0.101. The van der Waals surface area contributed by atoms with E-state index in [0.717, 1.165) is 6.42 Å². The van der Waals surface area contributed by atoms with Crippen LogP contribution in [-0.4, -0.2) is 35.9 Å². The maximum absolute atomic E-state index is 11.5. The summed E-state index contributed by atoms with van der Waals surface area (Å²) in [5.74, 6) is 6.61. The lowest BCUT2D eigenvalue weighted by molar-refractivity contribution is 0.561. The minimum atomic E-state index is -2.92. The predicted octanol–water partition coefficient (Wildman–Crippen LogP) is -0.249. The van der Waals surface area contributed by atoms with Crippen LogP contribution in [0.5, 0.6) is 0 Å². The number of nitrogens with two attached hydrogens (primary N) is 1. The first-order valence-electron chi connectivity index (χ1n) is 5.35. The lowest BCUT2D eigenvalue weighted by Crippen LogP contribution is -2.35. The molecular formula is C9H15N5O2S. The van der Waals surface area contributed by atoms with Crippen molar-refractivity contribution in [1.82, 2.24) is 9.97 Å². The van der Waals surface area contributed by atoms with Crippen LogP contribution in [0.3, 0.4) is 0 Å². The fraction of sp³-hybridized carbons (Fsp3) is 0.556. The van der Waals surface area contributed by atoms with Crippen molar-refractivity contribution in [2.75, 3.05) is 22.2 Å². The molecule has 0 amide bonds. The Labute approximate surface area is 99.7 Å². The molecule has 1 aliphatic heterocycles. The highest BCUT2D eigenvalue weighted by molar-refractivity contribution is 7.91. The topological polar surface area (TPSA) is 110 Å². The van der Waals surface area contributed by atoms with Gasteiger partial charge in [-0.05, 0) is 12.8 Å². The normalized spacial score (nSPS) is 23.0. The number of aromatic nitrogens is 2. The number of nitrogens with one attached hydrogen (secondary N) is 2. The molecule has 8 heteroatoms. The van der Waals surface area contributed by atoms with Crippen LogP contribution in [0.4, 0.5) is 11.6 Å². The van der Waals surface area contributed by atoms with E-state index in [1.807, 2.05) is 0 Å². The van der Waals surface area contributed by atoms with Crippen molar-refractivity contribution in [3.05, 3.63) is 12.4 Å². The van der Waals surface area contributed by atoms with Crippen LogP contribution >= 0.6 is 0 Å². The van der Waals surface area contributed by atoms with Gasteiger partial charge in [-0.2, -0.15) is 0 Å². The Balaban J connectivity index is 2.05. The zero-order valence-corrected chi connectivity index (χ0v) is 10.1. The summed E-state index contributed by atoms with van der Waals surface area (Å²) in [5, 5.41) is 3.06. The summed E-state index contributed by atoms with van der Waals surface area (Å²) in [4.78, 5) is 8.07. The van der Waals surface area contributed by atoms with Gasteiger partial charge < -0.3 is 10.7 Å². The first-order chi connectivity index (χ1) is 8.09. The molecule has 94 valence electrons. The number of sulfone groups is 1. The molecule has 1 aliphatic rings. The quantitative estimate of drug-likeness (QED) is 0.506. The molecule has 1 aromatic heterocycles. The van der Waals surface area contributed by atoms with Crippen LogP contribution in [-0.2, 0) is 9.84 Å². The molecule has 1 fully saturated rings. The molecule has 17 heavy (non-hydrogen) atoms. The first kappa shape index (κ1) is 12.1. The van der Waals surface area contributed by atoms with Gasteiger partial charge in [-0.25, -0.2) is 19.2 Å². The zero-order chi connectivity index (χ0) is 12.3. The summed E-state index contributed by atoms with van der Waals surface area (Å²) < 4.78 is 22.9. The van der Waals surface area contributed by atoms with Gasteiger partial charge in [0, 0.05) is 6.04 Å². The Morgan fingerprint density at radius 3 is 2.82 bits per heavy atom. The van der Waals surface area contributed by atoms with Gasteiger partial charge in [-0.15, -0.1) is 0 Å². The Bertz CT molecular complexity index is 490. The third kappa shape index (κ3) is 3.27. The highest BCUT2D eigenvalue weighted by Gasteiger charge is 2.24. The van der Waals surface area contributed by atoms with Crippen molar-refractivity contribution in [2.24, 2.45) is 5.84 Å². The van der Waals surface area contributed by atoms with Crippen molar-refractivity contribution in [1.29, 1.82) is 0 Å². The number of rotatable bonds is 3. The third-order valence-electron chi connectivity index (χ3n) is 2.60. The monoisotopic (exact) mass is 257 g/mol. The molecule has 0 radical (unpaired) electrons. The summed E-state index contributed by atoms with van der Waals surface area (Å²) >= 11 is 0. The molecule has 1 aromatic rings. The van der Waals surface area contributed by atoms with E-state index in [-0.39, 0.29) is 17.5 Å². The van der Waals surface area contributed by atoms with Gasteiger partial charge in [0.25, 0.3) is 0 Å². The Kier molecular flexibility index (Phi) is 3.43. The van der Waals surface area contributed by atoms with Gasteiger partial charge >= 0.3 is 0 Å². The summed E-state index contributed by atoms with van der Waals surface area (Å²) in [5.41, 5.74) is 2.39. The van der Waals surface area contributed by atoms with Gasteiger partial charge in [0.1, 0.15) is 5.82 Å². The first-order valence-corrected chi connectivity index (χ1v) is 7.17. The molecule has 2 rings (SSSR count). The molecule has 1 unspecified atom stereocenters. The Morgan fingerprint density at radius 2 is 2.12 bits per heavy atom. The fourth-order valence-electron chi connectivity index (χ4n) is 1.85. The van der Waals surface area contributed by atoms with Gasteiger partial charge in [0.2, 0.25) is 0 Å². The number of nitrogens with zero attached hydrogens (tertiary/aromatic N) is 2. The summed E-state index contributed by atoms with van der Waals surface area (Å²) in [6.45, 7) is 0. The van der Waals surface area contributed by atoms with Gasteiger partial charge in [-0.3, -0.25) is 4.98 Å². The molecule has 0 aliphatic carbocycles. The van der Waals surface area contributed by atoms with E-state index in [4.69, 9.17) is 5.84 Å². The van der Waals surface area contributed by atoms with E-state index in [9.17, 15) is 8.42 Å². The van der Waals surface area contributed by atoms with Crippen molar-refractivity contribution in [2.45, 2.75) is 18.9 Å². The second kappa shape index (κ2) is 4.84. The highest BCUT2D eigenvalue weighted by atomic mass is 32.2. The van der Waals surface area contributed by atoms with Gasteiger partial charge in [0.15, 0.2) is 15.7 Å². The molecule has 0 aromatic carbocycles. The summed E-state index contributed by atoms with van der Waals surface area (Å²) in [7, 11) is -2.92. The maximum atomic E-state index is 11.5. The molecule has 0 saturated carbocycles. The van der Waals surface area contributed by atoms with E-state index in [0.29, 0.717) is 18.1 Å². The smallest absolute Gasteiger partial charge is 0.160 e. The fourth-order valence-corrected chi connectivity index (χ4v) is 3.49. The van der Waals surface area contributed by atoms with E-state index < -0.39 is 9.84 Å². The Morgan fingerprint density at radius 1 is 1.35 bits per heavy atom. The lowest BCUT2D eigenvalue weighted by Gasteiger charge is -2.23. The lowest BCUT2D eigenvalue weighted by atomic mass is 10.2. The van der Waals surface area contributed by atoms with E-state index in [1.165, 1.54) is 6.20 Å². The van der Waals surface area contributed by atoms with Crippen LogP contribution in [0.15, 0.2) is 12.4 Å². The molecule has 4 N–H and O–H groups in total. The predicted molar refractivity (Wildman–Crippen MR) is 65.1 cm³/mol. The molecule has 1 saturated heterocycles. The Hall–Kier alpha value is -1.41. The SMILES string of the molecule is NNc1cncc(NC2CCCS(=O)(=O)C2)n1. The highest BCUT2D eigenvalue weighted by Crippen LogP contribution is 2.16. The van der Waals surface area contributed by atoms with Crippen molar-refractivity contribution >= 4 is 21.5 Å². The largest absolute Gasteiger partial charge is 0.365 e. The third-order valence-corrected chi connectivity index (χ3v) is 4.42. The number of hydrazine groups is 1. The van der Waals surface area contributed by atoms with Crippen LogP contribution < -0.4 is 16.6 Å². The van der Waals surface area contributed by atoms with Gasteiger partial charge in [0.05, 0.1) is 23.9 Å². The van der Waals surface area contributed by atoms with Crippen LogP contribution in [0.1, 0.15) is 12.8 Å². The molecule has 1 atom stereocenters. The molecular weight excluding hydrogens is 242 g/mol. The van der Waals surface area contributed by atoms with Crippen molar-refractivity contribution < 1.29 is 8.42 Å². The number of nitrogen functional groups attached to an aromatic ring is 1. The zero-order valence-electron chi connectivity index (χ0n) is 9.26. The van der Waals surface area contributed by atoms with Crippen molar-refractivity contribution in [3.63, 3.8) is 0 Å². The number of hydrogen-bond donors (Lipinski definition) is 3. The van der Waals surface area contributed by atoms with Crippen LogP contribution in [0.25, 0.3) is 0 Å². The second-order valence-electron chi connectivity index (χ2n) is 4.03. The van der Waals surface area contributed by atoms with E-state index >= 15 is 0 Å². The standard InChI is InChI=1S/C9H15N5O2S/c10-14-9-5-11-4-8(13-9)12-7-2-1-3-17(15,16)6-7/h4-5,7H,1-3,6,10H2,(H2,12,13,14). The molecule has 0 spiro atoms. The van der Waals surface area contributed by atoms with E-state index in [2.05, 4.69) is 20.7 Å². The van der Waals surface area contributed by atoms with Crippen LogP contribution in [0.2, 0.25) is 0 Å². The van der Waals surface area contributed by atoms with Crippen molar-refractivity contribution in [3.8, 4) is 0 Å². The minimum Gasteiger partial charge on any atom is -0.365 e. The van der Waals surface area contributed by atoms with E-state index in [1.54, 1.807) is 6.20 Å². The molecule has 2 heterocycles. The average molecular weight is 257 g/mol.